The molecule has 0 bridgehead atoms. The SMILES string of the molecule is COc1ccc(NC(=O)COC(=O)c2sc(-c3ccccn3)nc2C)cc1. The number of aromatic nitrogens is 2. The number of esters is 1. The van der Waals surface area contributed by atoms with Crippen LogP contribution in [-0.2, 0) is 9.53 Å². The predicted molar refractivity (Wildman–Crippen MR) is 102 cm³/mol. The fourth-order valence-corrected chi connectivity index (χ4v) is 3.19. The van der Waals surface area contributed by atoms with Gasteiger partial charge in [-0.25, -0.2) is 9.78 Å². The number of hydrogen-bond donors (Lipinski definition) is 1. The minimum Gasteiger partial charge on any atom is -0.497 e. The zero-order valence-corrected chi connectivity index (χ0v) is 15.6. The summed E-state index contributed by atoms with van der Waals surface area (Å²) in [5.74, 6) is -0.332. The number of anilines is 1. The topological polar surface area (TPSA) is 90.4 Å². The molecule has 0 unspecified atom stereocenters. The van der Waals surface area contributed by atoms with Gasteiger partial charge in [0.1, 0.15) is 15.6 Å². The van der Waals surface area contributed by atoms with Crippen LogP contribution in [0.1, 0.15) is 15.4 Å². The van der Waals surface area contributed by atoms with Gasteiger partial charge < -0.3 is 14.8 Å². The van der Waals surface area contributed by atoms with E-state index < -0.39 is 11.9 Å². The van der Waals surface area contributed by atoms with E-state index >= 15 is 0 Å². The molecular weight excluding hydrogens is 366 g/mol. The van der Waals surface area contributed by atoms with Gasteiger partial charge in [-0.1, -0.05) is 6.07 Å². The minimum atomic E-state index is -0.586. The van der Waals surface area contributed by atoms with Gasteiger partial charge in [0.05, 0.1) is 18.5 Å². The molecule has 1 N–H and O–H groups in total. The van der Waals surface area contributed by atoms with Crippen LogP contribution in [0, 0.1) is 6.92 Å². The summed E-state index contributed by atoms with van der Waals surface area (Å²) in [7, 11) is 1.56. The molecule has 2 aromatic heterocycles. The van der Waals surface area contributed by atoms with Crippen LogP contribution in [0.25, 0.3) is 10.7 Å². The van der Waals surface area contributed by atoms with E-state index in [9.17, 15) is 9.59 Å². The summed E-state index contributed by atoms with van der Waals surface area (Å²) < 4.78 is 10.2. The Morgan fingerprint density at radius 2 is 1.93 bits per heavy atom. The van der Waals surface area contributed by atoms with Gasteiger partial charge in [0.15, 0.2) is 6.61 Å². The molecule has 7 nitrogen and oxygen atoms in total. The molecule has 0 radical (unpaired) electrons. The highest BCUT2D eigenvalue weighted by Gasteiger charge is 2.19. The van der Waals surface area contributed by atoms with E-state index in [0.717, 1.165) is 0 Å². The molecule has 0 fully saturated rings. The number of nitrogens with one attached hydrogen (secondary N) is 1. The molecular formula is C19H17N3O4S. The average molecular weight is 383 g/mol. The zero-order chi connectivity index (χ0) is 19.2. The first kappa shape index (κ1) is 18.5. The maximum Gasteiger partial charge on any atom is 0.350 e. The third-order valence-electron chi connectivity index (χ3n) is 3.57. The van der Waals surface area contributed by atoms with Crippen molar-refractivity contribution < 1.29 is 19.1 Å². The highest BCUT2D eigenvalue weighted by Crippen LogP contribution is 2.26. The van der Waals surface area contributed by atoms with Crippen LogP contribution in [-0.4, -0.2) is 35.6 Å². The second-order valence-corrected chi connectivity index (χ2v) is 6.50. The normalized spacial score (nSPS) is 10.3. The Labute approximate surface area is 160 Å². The summed E-state index contributed by atoms with van der Waals surface area (Å²) in [6.45, 7) is 1.33. The molecule has 1 amide bonds. The second-order valence-electron chi connectivity index (χ2n) is 5.50. The van der Waals surface area contributed by atoms with Crippen LogP contribution in [0.3, 0.4) is 0 Å². The van der Waals surface area contributed by atoms with Crippen LogP contribution in [0.5, 0.6) is 5.75 Å². The van der Waals surface area contributed by atoms with E-state index in [1.165, 1.54) is 11.3 Å². The smallest absolute Gasteiger partial charge is 0.350 e. The molecule has 0 spiro atoms. The number of thiazole rings is 1. The number of aryl methyl sites for hydroxylation is 1. The second kappa shape index (κ2) is 8.41. The van der Waals surface area contributed by atoms with Crippen LogP contribution in [0.2, 0.25) is 0 Å². The number of carbonyl (C=O) groups excluding carboxylic acids is 2. The lowest BCUT2D eigenvalue weighted by Gasteiger charge is -2.07. The summed E-state index contributed by atoms with van der Waals surface area (Å²) in [6.07, 6.45) is 1.66. The third kappa shape index (κ3) is 4.68. The summed E-state index contributed by atoms with van der Waals surface area (Å²) in [4.78, 5) is 33.2. The fourth-order valence-electron chi connectivity index (χ4n) is 2.25. The Balaban J connectivity index is 1.59. The molecule has 27 heavy (non-hydrogen) atoms. The van der Waals surface area contributed by atoms with Crippen LogP contribution < -0.4 is 10.1 Å². The molecule has 138 valence electrons. The molecule has 1 aromatic carbocycles. The maximum absolute atomic E-state index is 12.3. The van der Waals surface area contributed by atoms with Gasteiger partial charge in [-0.3, -0.25) is 9.78 Å². The van der Waals surface area contributed by atoms with Gasteiger partial charge in [-0.2, -0.15) is 0 Å². The molecule has 3 rings (SSSR count). The number of methoxy groups -OCH3 is 1. The Hall–Kier alpha value is -3.26. The number of amides is 1. The fraction of sp³-hybridized carbons (Fsp3) is 0.158. The number of rotatable bonds is 6. The first-order chi connectivity index (χ1) is 13.1. The average Bonchev–Trinajstić information content (AvgIpc) is 3.09. The van der Waals surface area contributed by atoms with Gasteiger partial charge in [0.2, 0.25) is 0 Å². The van der Waals surface area contributed by atoms with E-state index in [4.69, 9.17) is 9.47 Å². The number of nitrogens with zero attached hydrogens (tertiary/aromatic N) is 2. The van der Waals surface area contributed by atoms with Gasteiger partial charge in [-0.15, -0.1) is 11.3 Å². The van der Waals surface area contributed by atoms with Crippen LogP contribution >= 0.6 is 11.3 Å². The number of benzene rings is 1. The largest absolute Gasteiger partial charge is 0.497 e. The lowest BCUT2D eigenvalue weighted by atomic mass is 10.3. The molecule has 0 saturated carbocycles. The minimum absolute atomic E-state index is 0.355. The Morgan fingerprint density at radius 1 is 1.15 bits per heavy atom. The number of ether oxygens (including phenoxy) is 2. The predicted octanol–water partition coefficient (Wildman–Crippen LogP) is 3.32. The molecule has 2 heterocycles. The summed E-state index contributed by atoms with van der Waals surface area (Å²) >= 11 is 1.19. The molecule has 0 aliphatic carbocycles. The number of pyridine rings is 1. The molecule has 8 heteroatoms. The lowest BCUT2D eigenvalue weighted by Crippen LogP contribution is -2.20. The number of carbonyl (C=O) groups is 2. The van der Waals surface area contributed by atoms with E-state index in [1.54, 1.807) is 50.6 Å². The first-order valence-electron chi connectivity index (χ1n) is 8.06. The summed E-state index contributed by atoms with van der Waals surface area (Å²) in [5, 5.41) is 3.28. The van der Waals surface area contributed by atoms with E-state index in [1.807, 2.05) is 12.1 Å². The van der Waals surface area contributed by atoms with Crippen molar-refractivity contribution in [2.45, 2.75) is 6.92 Å². The van der Waals surface area contributed by atoms with Crippen molar-refractivity contribution in [3.63, 3.8) is 0 Å². The van der Waals surface area contributed by atoms with Crippen molar-refractivity contribution in [3.8, 4) is 16.5 Å². The zero-order valence-electron chi connectivity index (χ0n) is 14.8. The van der Waals surface area contributed by atoms with Crippen LogP contribution in [0.15, 0.2) is 48.7 Å². The molecule has 0 aliphatic rings. The van der Waals surface area contributed by atoms with Crippen molar-refractivity contribution in [1.29, 1.82) is 0 Å². The monoisotopic (exact) mass is 383 g/mol. The highest BCUT2D eigenvalue weighted by atomic mass is 32.1. The third-order valence-corrected chi connectivity index (χ3v) is 4.73. The van der Waals surface area contributed by atoms with E-state index in [0.29, 0.717) is 32.7 Å². The van der Waals surface area contributed by atoms with E-state index in [2.05, 4.69) is 15.3 Å². The van der Waals surface area contributed by atoms with Crippen molar-refractivity contribution in [3.05, 3.63) is 59.2 Å². The van der Waals surface area contributed by atoms with Crippen molar-refractivity contribution >= 4 is 28.9 Å². The van der Waals surface area contributed by atoms with Gasteiger partial charge in [0, 0.05) is 11.9 Å². The Morgan fingerprint density at radius 3 is 2.59 bits per heavy atom. The van der Waals surface area contributed by atoms with Crippen LogP contribution in [0.4, 0.5) is 5.69 Å². The molecule has 0 atom stereocenters. The lowest BCUT2D eigenvalue weighted by molar-refractivity contribution is -0.119. The van der Waals surface area contributed by atoms with Crippen molar-refractivity contribution in [2.75, 3.05) is 19.0 Å². The van der Waals surface area contributed by atoms with E-state index in [-0.39, 0.29) is 6.61 Å². The molecule has 0 saturated heterocycles. The van der Waals surface area contributed by atoms with Gasteiger partial charge in [0.25, 0.3) is 5.91 Å². The van der Waals surface area contributed by atoms with Gasteiger partial charge in [-0.05, 0) is 43.3 Å². The Kier molecular flexibility index (Phi) is 5.77. The quantitative estimate of drug-likeness (QED) is 0.657. The standard InChI is InChI=1S/C19H17N3O4S/c1-12-17(27-18(21-12)15-5-3-4-10-20-15)19(24)26-11-16(23)22-13-6-8-14(25-2)9-7-13/h3-10H,11H2,1-2H3,(H,22,23). The number of hydrogen-bond acceptors (Lipinski definition) is 7. The van der Waals surface area contributed by atoms with Crippen molar-refractivity contribution in [1.82, 2.24) is 9.97 Å². The summed E-state index contributed by atoms with van der Waals surface area (Å²) in [6, 6.07) is 12.3. The highest BCUT2D eigenvalue weighted by molar-refractivity contribution is 7.17. The molecule has 0 aliphatic heterocycles. The Bertz CT molecular complexity index is 939. The first-order valence-corrected chi connectivity index (χ1v) is 8.88. The summed E-state index contributed by atoms with van der Waals surface area (Å²) in [5.41, 5.74) is 1.81. The van der Waals surface area contributed by atoms with Crippen molar-refractivity contribution in [2.24, 2.45) is 0 Å². The maximum atomic E-state index is 12.3. The molecule has 3 aromatic rings. The van der Waals surface area contributed by atoms with Gasteiger partial charge >= 0.3 is 5.97 Å².